The molecule has 0 atom stereocenters. The van der Waals surface area contributed by atoms with Crippen molar-refractivity contribution >= 4 is 33.4 Å². The fourth-order valence-electron chi connectivity index (χ4n) is 1.36. The van der Waals surface area contributed by atoms with E-state index < -0.39 is 6.09 Å². The number of nitrogen functional groups attached to an aromatic ring is 1. The van der Waals surface area contributed by atoms with Gasteiger partial charge < -0.3 is 16.2 Å². The fourth-order valence-corrected chi connectivity index (χ4v) is 1.96. The van der Waals surface area contributed by atoms with Gasteiger partial charge in [0.05, 0.1) is 6.54 Å². The molecule has 8 heteroatoms. The average Bonchev–Trinajstić information content (AvgIpc) is 2.54. The van der Waals surface area contributed by atoms with E-state index in [2.05, 4.69) is 31.2 Å². The lowest BCUT2D eigenvalue weighted by Gasteiger charge is -2.01. The smallest absolute Gasteiger partial charge is 0.405 e. The molecule has 0 aromatic carbocycles. The molecule has 0 spiro atoms. The highest BCUT2D eigenvalue weighted by molar-refractivity contribution is 9.10. The first-order chi connectivity index (χ1) is 7.59. The van der Waals surface area contributed by atoms with Crippen LogP contribution in [0, 0.1) is 0 Å². The van der Waals surface area contributed by atoms with Gasteiger partial charge in [0.25, 0.3) is 0 Å². The maximum atomic E-state index is 10.4. The third-order valence-electron chi connectivity index (χ3n) is 2.01. The number of anilines is 1. The molecule has 7 nitrogen and oxygen atoms in total. The van der Waals surface area contributed by atoms with Crippen LogP contribution in [0.3, 0.4) is 0 Å². The highest BCUT2D eigenvalue weighted by Gasteiger charge is 2.12. The minimum Gasteiger partial charge on any atom is -0.465 e. The zero-order valence-electron chi connectivity index (χ0n) is 8.01. The highest BCUT2D eigenvalue weighted by Crippen LogP contribution is 2.22. The third-order valence-corrected chi connectivity index (χ3v) is 2.56. The number of hydrogen-bond acceptors (Lipinski definition) is 4. The van der Waals surface area contributed by atoms with Gasteiger partial charge in [-0.2, -0.15) is 0 Å². The van der Waals surface area contributed by atoms with Crippen LogP contribution in [0.4, 0.5) is 10.6 Å². The lowest BCUT2D eigenvalue weighted by molar-refractivity contribution is 0.193. The summed E-state index contributed by atoms with van der Waals surface area (Å²) in [5, 5.41) is 10.7. The molecule has 0 unspecified atom stereocenters. The normalized spacial score (nSPS) is 10.6. The predicted octanol–water partition coefficient (Wildman–Crippen LogP) is 0.842. The number of nitrogens with zero attached hydrogens (tertiary/aromatic N) is 3. The molecule has 2 rings (SSSR count). The zero-order valence-corrected chi connectivity index (χ0v) is 9.60. The van der Waals surface area contributed by atoms with Crippen molar-refractivity contribution in [1.29, 1.82) is 0 Å². The number of aromatic nitrogens is 3. The average molecular weight is 286 g/mol. The molecule has 2 heterocycles. The van der Waals surface area contributed by atoms with E-state index in [0.29, 0.717) is 21.8 Å². The molecule has 0 fully saturated rings. The van der Waals surface area contributed by atoms with Gasteiger partial charge in [-0.05, 0) is 15.9 Å². The first kappa shape index (κ1) is 10.7. The Morgan fingerprint density at radius 1 is 1.69 bits per heavy atom. The Kier molecular flexibility index (Phi) is 2.65. The molecule has 4 N–H and O–H groups in total. The van der Waals surface area contributed by atoms with E-state index in [1.165, 1.54) is 6.20 Å². The quantitative estimate of drug-likeness (QED) is 0.758. The second-order valence-corrected chi connectivity index (χ2v) is 3.76. The molecule has 1 amide bonds. The molecule has 84 valence electrons. The predicted molar refractivity (Wildman–Crippen MR) is 60.0 cm³/mol. The number of halogens is 1. The van der Waals surface area contributed by atoms with Gasteiger partial charge in [-0.25, -0.2) is 14.8 Å². The van der Waals surface area contributed by atoms with Crippen LogP contribution in [0.2, 0.25) is 0 Å². The Labute approximate surface area is 98.4 Å². The number of amides is 1. The number of hydrogen-bond donors (Lipinski definition) is 3. The summed E-state index contributed by atoms with van der Waals surface area (Å²) >= 11 is 3.25. The molecule has 0 aliphatic rings. The third kappa shape index (κ3) is 1.78. The summed E-state index contributed by atoms with van der Waals surface area (Å²) in [7, 11) is 0. The molecule has 0 radical (unpaired) electrons. The van der Waals surface area contributed by atoms with Crippen LogP contribution in [0.25, 0.3) is 5.52 Å². The van der Waals surface area contributed by atoms with Crippen molar-refractivity contribution in [3.05, 3.63) is 22.8 Å². The lowest BCUT2D eigenvalue weighted by atomic mass is 10.5. The van der Waals surface area contributed by atoms with E-state index in [1.807, 2.05) is 0 Å². The summed E-state index contributed by atoms with van der Waals surface area (Å²) in [6, 6.07) is 0. The van der Waals surface area contributed by atoms with E-state index in [9.17, 15) is 4.79 Å². The van der Waals surface area contributed by atoms with Crippen LogP contribution in [0.5, 0.6) is 0 Å². The molecule has 16 heavy (non-hydrogen) atoms. The van der Waals surface area contributed by atoms with Crippen molar-refractivity contribution in [3.63, 3.8) is 0 Å². The van der Waals surface area contributed by atoms with Gasteiger partial charge in [-0.15, -0.1) is 0 Å². The molecular formula is C8H8BrN5O2. The van der Waals surface area contributed by atoms with Crippen LogP contribution in [-0.4, -0.2) is 25.6 Å². The highest BCUT2D eigenvalue weighted by atomic mass is 79.9. The van der Waals surface area contributed by atoms with Crippen molar-refractivity contribution < 1.29 is 9.90 Å². The Bertz CT molecular complexity index is 553. The van der Waals surface area contributed by atoms with Crippen LogP contribution in [0.1, 0.15) is 5.82 Å². The molecule has 0 aliphatic heterocycles. The number of carbonyl (C=O) groups is 1. The van der Waals surface area contributed by atoms with Gasteiger partial charge in [0.1, 0.15) is 15.9 Å². The number of fused-ring (bicyclic) bond motifs is 1. The summed E-state index contributed by atoms with van der Waals surface area (Å²) in [4.78, 5) is 18.5. The largest absolute Gasteiger partial charge is 0.465 e. The van der Waals surface area contributed by atoms with Crippen molar-refractivity contribution in [2.24, 2.45) is 0 Å². The lowest BCUT2D eigenvalue weighted by Crippen LogP contribution is -2.21. The Morgan fingerprint density at radius 2 is 2.44 bits per heavy atom. The van der Waals surface area contributed by atoms with Gasteiger partial charge in [0.2, 0.25) is 0 Å². The standard InChI is InChI=1S/C8H8BrN5O2/c9-6-5-7(10)11-1-2-14(5)4(13-6)3-12-8(15)16/h1-2,12H,3H2,(H2,10,11)(H,15,16). The second-order valence-electron chi connectivity index (χ2n) is 3.01. The van der Waals surface area contributed by atoms with E-state index in [1.54, 1.807) is 10.6 Å². The van der Waals surface area contributed by atoms with Crippen LogP contribution < -0.4 is 11.1 Å². The van der Waals surface area contributed by atoms with Gasteiger partial charge in [0, 0.05) is 12.4 Å². The first-order valence-corrected chi connectivity index (χ1v) is 5.12. The first-order valence-electron chi connectivity index (χ1n) is 4.33. The second kappa shape index (κ2) is 3.97. The van der Waals surface area contributed by atoms with E-state index in [4.69, 9.17) is 10.8 Å². The van der Waals surface area contributed by atoms with Crippen molar-refractivity contribution in [2.45, 2.75) is 6.54 Å². The molecule has 2 aromatic rings. The zero-order chi connectivity index (χ0) is 11.7. The number of rotatable bonds is 2. The molecule has 0 bridgehead atoms. The van der Waals surface area contributed by atoms with E-state index in [-0.39, 0.29) is 6.54 Å². The maximum absolute atomic E-state index is 10.4. The van der Waals surface area contributed by atoms with E-state index >= 15 is 0 Å². The van der Waals surface area contributed by atoms with Crippen molar-refractivity contribution in [3.8, 4) is 0 Å². The Hall–Kier alpha value is -1.83. The minimum absolute atomic E-state index is 0.103. The molecule has 2 aromatic heterocycles. The molecule has 0 aliphatic carbocycles. The van der Waals surface area contributed by atoms with Crippen LogP contribution >= 0.6 is 15.9 Å². The number of nitrogens with one attached hydrogen (secondary N) is 1. The van der Waals surface area contributed by atoms with Crippen molar-refractivity contribution in [1.82, 2.24) is 19.7 Å². The molecule has 0 saturated carbocycles. The Morgan fingerprint density at radius 3 is 3.12 bits per heavy atom. The minimum atomic E-state index is -1.10. The summed E-state index contributed by atoms with van der Waals surface area (Å²) in [5.41, 5.74) is 6.32. The SMILES string of the molecule is Nc1nccn2c(CNC(=O)O)nc(Br)c12. The topological polar surface area (TPSA) is 106 Å². The van der Waals surface area contributed by atoms with E-state index in [0.717, 1.165) is 0 Å². The maximum Gasteiger partial charge on any atom is 0.405 e. The van der Waals surface area contributed by atoms with Crippen LogP contribution in [-0.2, 0) is 6.54 Å². The monoisotopic (exact) mass is 285 g/mol. The molecule has 0 saturated heterocycles. The van der Waals surface area contributed by atoms with Gasteiger partial charge in [-0.3, -0.25) is 4.40 Å². The summed E-state index contributed by atoms with van der Waals surface area (Å²) < 4.78 is 2.22. The van der Waals surface area contributed by atoms with Crippen LogP contribution in [0.15, 0.2) is 17.0 Å². The van der Waals surface area contributed by atoms with Crippen molar-refractivity contribution in [2.75, 3.05) is 5.73 Å². The Balaban J connectivity index is 2.47. The van der Waals surface area contributed by atoms with Gasteiger partial charge in [0.15, 0.2) is 5.82 Å². The number of carboxylic acid groups (broad SMARTS) is 1. The van der Waals surface area contributed by atoms with Gasteiger partial charge >= 0.3 is 6.09 Å². The number of imidazole rings is 1. The summed E-state index contributed by atoms with van der Waals surface area (Å²) in [6.45, 7) is 0.103. The summed E-state index contributed by atoms with van der Waals surface area (Å²) in [6.07, 6.45) is 2.10. The summed E-state index contributed by atoms with van der Waals surface area (Å²) in [5.74, 6) is 0.877. The fraction of sp³-hybridized carbons (Fsp3) is 0.125. The molecular weight excluding hydrogens is 278 g/mol. The van der Waals surface area contributed by atoms with Gasteiger partial charge in [-0.1, -0.05) is 0 Å². The number of nitrogens with two attached hydrogens (primary N) is 1.